The number of carbonyl (C=O) groups excluding carboxylic acids is 1. The van der Waals surface area contributed by atoms with Gasteiger partial charge in [0.05, 0.1) is 42.5 Å². The molecule has 158 valence electrons. The van der Waals surface area contributed by atoms with Crippen molar-refractivity contribution in [1.29, 1.82) is 0 Å². The Morgan fingerprint density at radius 3 is 2.77 bits per heavy atom. The van der Waals surface area contributed by atoms with Gasteiger partial charge in [0.2, 0.25) is 0 Å². The fourth-order valence-electron chi connectivity index (χ4n) is 3.24. The summed E-state index contributed by atoms with van der Waals surface area (Å²) >= 11 is 0. The van der Waals surface area contributed by atoms with Crippen molar-refractivity contribution in [3.63, 3.8) is 0 Å². The van der Waals surface area contributed by atoms with Crippen molar-refractivity contribution in [2.24, 2.45) is 0 Å². The first-order valence-electron chi connectivity index (χ1n) is 9.12. The maximum Gasteiger partial charge on any atom is 0.408 e. The van der Waals surface area contributed by atoms with Crippen LogP contribution in [-0.2, 0) is 17.8 Å². The van der Waals surface area contributed by atoms with E-state index in [0.29, 0.717) is 28.4 Å². The van der Waals surface area contributed by atoms with E-state index in [1.54, 1.807) is 19.1 Å². The standard InChI is InChI=1S/C21H21F3N4O2/c1-5-6-15(8-14(3)30-4)17-7-13(2)19-18(26-17)11-28(20(19)29)16-9-25-27(10-16)12-21(22,23)24/h5-10H,3,11-12H2,1-2,4H3/b6-5-,15-8+. The number of amides is 1. The Hall–Kier alpha value is -3.36. The Morgan fingerprint density at radius 2 is 2.13 bits per heavy atom. The Kier molecular flexibility index (Phi) is 5.82. The van der Waals surface area contributed by atoms with Gasteiger partial charge in [-0.05, 0) is 31.6 Å². The number of methoxy groups -OCH3 is 1. The number of halogens is 3. The summed E-state index contributed by atoms with van der Waals surface area (Å²) in [6.45, 7) is 6.40. The van der Waals surface area contributed by atoms with Crippen LogP contribution in [0.4, 0.5) is 18.9 Å². The van der Waals surface area contributed by atoms with Crippen LogP contribution in [0.1, 0.15) is 34.2 Å². The molecule has 0 N–H and O–H groups in total. The van der Waals surface area contributed by atoms with Crippen LogP contribution in [0.2, 0.25) is 0 Å². The lowest BCUT2D eigenvalue weighted by Gasteiger charge is -2.12. The second kappa shape index (κ2) is 8.17. The summed E-state index contributed by atoms with van der Waals surface area (Å²) in [5.41, 5.74) is 3.43. The van der Waals surface area contributed by atoms with Gasteiger partial charge in [0.25, 0.3) is 5.91 Å². The minimum atomic E-state index is -4.39. The topological polar surface area (TPSA) is 60.2 Å². The molecular formula is C21H21F3N4O2. The molecule has 0 aromatic carbocycles. The first-order chi connectivity index (χ1) is 14.1. The summed E-state index contributed by atoms with van der Waals surface area (Å²) in [7, 11) is 1.52. The quantitative estimate of drug-likeness (QED) is 0.514. The molecule has 1 aliphatic heterocycles. The third-order valence-corrected chi connectivity index (χ3v) is 4.55. The molecule has 3 heterocycles. The van der Waals surface area contributed by atoms with Crippen molar-refractivity contribution >= 4 is 17.2 Å². The van der Waals surface area contributed by atoms with Crippen LogP contribution < -0.4 is 4.90 Å². The predicted octanol–water partition coefficient (Wildman–Crippen LogP) is 4.43. The Bertz CT molecular complexity index is 1050. The number of aryl methyl sites for hydroxylation is 1. The fraction of sp³-hybridized carbons (Fsp3) is 0.286. The average molecular weight is 418 g/mol. The fourth-order valence-corrected chi connectivity index (χ4v) is 3.24. The second-order valence-electron chi connectivity index (χ2n) is 6.82. The lowest BCUT2D eigenvalue weighted by atomic mass is 10.0. The highest BCUT2D eigenvalue weighted by molar-refractivity contribution is 6.10. The SMILES string of the molecule is C=C(/C=C(\C=C/C)c1cc(C)c2c(n1)CN(c1cnn(CC(F)(F)F)c1)C2=O)OC. The van der Waals surface area contributed by atoms with Crippen LogP contribution in [0.3, 0.4) is 0 Å². The summed E-state index contributed by atoms with van der Waals surface area (Å²) in [5.74, 6) is 0.142. The number of aromatic nitrogens is 3. The molecule has 0 saturated heterocycles. The first kappa shape index (κ1) is 21.4. The van der Waals surface area contributed by atoms with Crippen molar-refractivity contribution in [3.05, 3.63) is 71.5 Å². The predicted molar refractivity (Wildman–Crippen MR) is 107 cm³/mol. The molecule has 0 unspecified atom stereocenters. The number of nitrogens with zero attached hydrogens (tertiary/aromatic N) is 4. The number of anilines is 1. The van der Waals surface area contributed by atoms with Gasteiger partial charge in [0, 0.05) is 11.8 Å². The molecular weight excluding hydrogens is 397 g/mol. The highest BCUT2D eigenvalue weighted by atomic mass is 19.4. The molecule has 0 saturated carbocycles. The number of pyridine rings is 1. The van der Waals surface area contributed by atoms with Gasteiger partial charge in [-0.15, -0.1) is 0 Å². The van der Waals surface area contributed by atoms with Crippen molar-refractivity contribution < 1.29 is 22.7 Å². The van der Waals surface area contributed by atoms with E-state index < -0.39 is 12.7 Å². The van der Waals surface area contributed by atoms with E-state index in [4.69, 9.17) is 4.74 Å². The van der Waals surface area contributed by atoms with Crippen molar-refractivity contribution in [1.82, 2.24) is 14.8 Å². The largest absolute Gasteiger partial charge is 0.497 e. The van der Waals surface area contributed by atoms with Gasteiger partial charge in [0.1, 0.15) is 12.3 Å². The molecule has 2 aromatic rings. The summed E-state index contributed by atoms with van der Waals surface area (Å²) < 4.78 is 43.7. The van der Waals surface area contributed by atoms with Crippen LogP contribution in [0.15, 0.2) is 49.0 Å². The number of ether oxygens (including phenoxy) is 1. The molecule has 3 rings (SSSR count). The smallest absolute Gasteiger partial charge is 0.408 e. The number of rotatable bonds is 6. The first-order valence-corrected chi connectivity index (χ1v) is 9.12. The summed E-state index contributed by atoms with van der Waals surface area (Å²) in [4.78, 5) is 18.9. The van der Waals surface area contributed by atoms with Crippen molar-refractivity contribution in [2.45, 2.75) is 33.1 Å². The molecule has 0 atom stereocenters. The molecule has 0 bridgehead atoms. The molecule has 0 radical (unpaired) electrons. The average Bonchev–Trinajstić information content (AvgIpc) is 3.24. The number of hydrogen-bond acceptors (Lipinski definition) is 4. The zero-order valence-corrected chi connectivity index (χ0v) is 16.8. The molecule has 0 spiro atoms. The molecule has 9 heteroatoms. The van der Waals surface area contributed by atoms with Crippen LogP contribution in [0, 0.1) is 6.92 Å². The van der Waals surface area contributed by atoms with E-state index in [-0.39, 0.29) is 12.5 Å². The number of alkyl halides is 3. The lowest BCUT2D eigenvalue weighted by Crippen LogP contribution is -2.23. The van der Waals surface area contributed by atoms with E-state index in [1.165, 1.54) is 24.4 Å². The Labute approximate surface area is 172 Å². The number of hydrogen-bond donors (Lipinski definition) is 0. The molecule has 0 aliphatic carbocycles. The van der Waals surface area contributed by atoms with Crippen molar-refractivity contribution in [2.75, 3.05) is 12.0 Å². The van der Waals surface area contributed by atoms with Gasteiger partial charge in [-0.1, -0.05) is 18.7 Å². The van der Waals surface area contributed by atoms with Crippen LogP contribution >= 0.6 is 0 Å². The molecule has 1 aliphatic rings. The van der Waals surface area contributed by atoms with E-state index in [1.807, 2.05) is 19.1 Å². The summed E-state index contributed by atoms with van der Waals surface area (Å²) in [6, 6.07) is 1.79. The van der Waals surface area contributed by atoms with Gasteiger partial charge in [0.15, 0.2) is 0 Å². The summed E-state index contributed by atoms with van der Waals surface area (Å²) in [5, 5.41) is 3.72. The van der Waals surface area contributed by atoms with Crippen molar-refractivity contribution in [3.8, 4) is 0 Å². The van der Waals surface area contributed by atoms with E-state index in [0.717, 1.165) is 15.8 Å². The highest BCUT2D eigenvalue weighted by Gasteiger charge is 2.34. The van der Waals surface area contributed by atoms with Gasteiger partial charge in [-0.3, -0.25) is 19.4 Å². The zero-order valence-electron chi connectivity index (χ0n) is 16.8. The zero-order chi connectivity index (χ0) is 22.1. The number of carbonyl (C=O) groups is 1. The molecule has 1 amide bonds. The minimum absolute atomic E-state index is 0.148. The van der Waals surface area contributed by atoms with E-state index >= 15 is 0 Å². The van der Waals surface area contributed by atoms with E-state index in [2.05, 4.69) is 16.7 Å². The number of allylic oxidation sites excluding steroid dienone is 4. The lowest BCUT2D eigenvalue weighted by molar-refractivity contribution is -0.142. The van der Waals surface area contributed by atoms with Crippen LogP contribution in [0.25, 0.3) is 5.57 Å². The van der Waals surface area contributed by atoms with Gasteiger partial charge in [-0.25, -0.2) is 0 Å². The highest BCUT2D eigenvalue weighted by Crippen LogP contribution is 2.31. The minimum Gasteiger partial charge on any atom is -0.497 e. The van der Waals surface area contributed by atoms with Crippen LogP contribution in [-0.4, -0.2) is 34.0 Å². The maximum absolute atomic E-state index is 12.9. The van der Waals surface area contributed by atoms with E-state index in [9.17, 15) is 18.0 Å². The third kappa shape index (κ3) is 4.45. The Balaban J connectivity index is 1.94. The monoisotopic (exact) mass is 418 g/mol. The normalized spacial score (nSPS) is 14.5. The molecule has 30 heavy (non-hydrogen) atoms. The molecule has 6 nitrogen and oxygen atoms in total. The summed E-state index contributed by atoms with van der Waals surface area (Å²) in [6.07, 6.45) is 3.51. The second-order valence-corrected chi connectivity index (χ2v) is 6.82. The number of fused-ring (bicyclic) bond motifs is 1. The molecule has 2 aromatic heterocycles. The van der Waals surface area contributed by atoms with Gasteiger partial charge < -0.3 is 4.74 Å². The Morgan fingerprint density at radius 1 is 1.40 bits per heavy atom. The van der Waals surface area contributed by atoms with Gasteiger partial charge in [-0.2, -0.15) is 18.3 Å². The third-order valence-electron chi connectivity index (χ3n) is 4.55. The molecule has 0 fully saturated rings. The van der Waals surface area contributed by atoms with Gasteiger partial charge >= 0.3 is 6.18 Å². The van der Waals surface area contributed by atoms with Crippen LogP contribution in [0.5, 0.6) is 0 Å². The maximum atomic E-state index is 12.9.